The fourth-order valence-corrected chi connectivity index (χ4v) is 4.02. The highest BCUT2D eigenvalue weighted by atomic mass is 32.1. The van der Waals surface area contributed by atoms with Gasteiger partial charge in [0.15, 0.2) is 4.96 Å². The zero-order valence-electron chi connectivity index (χ0n) is 15.1. The average molecular weight is 387 g/mol. The number of hydrogen-bond donors (Lipinski definition) is 0. The van der Waals surface area contributed by atoms with Gasteiger partial charge in [0.2, 0.25) is 11.8 Å². The van der Waals surface area contributed by atoms with Crippen molar-refractivity contribution < 1.29 is 14.1 Å². The van der Waals surface area contributed by atoms with E-state index in [0.717, 1.165) is 22.8 Å². The predicted octanol–water partition coefficient (Wildman–Crippen LogP) is 1.54. The van der Waals surface area contributed by atoms with Crippen molar-refractivity contribution in [3.8, 4) is 0 Å². The molecule has 0 radical (unpaired) electrons. The molecule has 0 saturated carbocycles. The van der Waals surface area contributed by atoms with E-state index in [0.29, 0.717) is 38.4 Å². The Kier molecular flexibility index (Phi) is 4.93. The number of carbonyl (C=O) groups excluding carboxylic acids is 2. The summed E-state index contributed by atoms with van der Waals surface area (Å²) in [5, 5.41) is 5.78. The van der Waals surface area contributed by atoms with Crippen LogP contribution in [0.1, 0.15) is 23.6 Å². The zero-order valence-corrected chi connectivity index (χ0v) is 15.9. The first-order chi connectivity index (χ1) is 13.1. The van der Waals surface area contributed by atoms with E-state index < -0.39 is 0 Å². The number of thiazole rings is 1. The van der Waals surface area contributed by atoms with Gasteiger partial charge in [0.1, 0.15) is 5.76 Å². The molecule has 1 saturated heterocycles. The fraction of sp³-hybridized carbons (Fsp3) is 0.444. The summed E-state index contributed by atoms with van der Waals surface area (Å²) in [6.45, 7) is 4.22. The van der Waals surface area contributed by atoms with Crippen molar-refractivity contribution >= 4 is 28.1 Å². The fourth-order valence-electron chi connectivity index (χ4n) is 3.30. The smallest absolute Gasteiger partial charge is 0.230 e. The first-order valence-electron chi connectivity index (χ1n) is 8.97. The van der Waals surface area contributed by atoms with Gasteiger partial charge in [0.05, 0.1) is 24.2 Å². The van der Waals surface area contributed by atoms with Crippen molar-refractivity contribution in [2.24, 2.45) is 0 Å². The quantitative estimate of drug-likeness (QED) is 0.678. The van der Waals surface area contributed by atoms with Gasteiger partial charge in [0, 0.05) is 50.0 Å². The summed E-state index contributed by atoms with van der Waals surface area (Å²) in [5.74, 6) is 0.644. The van der Waals surface area contributed by atoms with Gasteiger partial charge >= 0.3 is 0 Å². The molecular formula is C18H21N5O3S. The molecule has 27 heavy (non-hydrogen) atoms. The van der Waals surface area contributed by atoms with E-state index in [1.807, 2.05) is 34.0 Å². The first-order valence-corrected chi connectivity index (χ1v) is 9.85. The number of amides is 2. The van der Waals surface area contributed by atoms with Crippen LogP contribution in [0.4, 0.5) is 0 Å². The molecule has 0 aromatic carbocycles. The van der Waals surface area contributed by atoms with Gasteiger partial charge in [-0.2, -0.15) is 0 Å². The zero-order chi connectivity index (χ0) is 18.8. The van der Waals surface area contributed by atoms with Crippen molar-refractivity contribution in [3.05, 3.63) is 41.0 Å². The predicted molar refractivity (Wildman–Crippen MR) is 99.5 cm³/mol. The molecule has 0 aliphatic carbocycles. The van der Waals surface area contributed by atoms with Crippen LogP contribution in [-0.2, 0) is 22.4 Å². The molecule has 1 aliphatic heterocycles. The normalized spacial score (nSPS) is 15.3. The number of aromatic nitrogens is 3. The molecule has 1 aliphatic rings. The number of rotatable bonds is 4. The van der Waals surface area contributed by atoms with Gasteiger partial charge in [-0.1, -0.05) is 5.16 Å². The van der Waals surface area contributed by atoms with E-state index in [9.17, 15) is 9.59 Å². The lowest BCUT2D eigenvalue weighted by atomic mass is 10.2. The second kappa shape index (κ2) is 7.51. The second-order valence-corrected chi connectivity index (χ2v) is 7.60. The molecule has 0 atom stereocenters. The summed E-state index contributed by atoms with van der Waals surface area (Å²) in [5.41, 5.74) is 1.55. The third-order valence-electron chi connectivity index (χ3n) is 4.68. The van der Waals surface area contributed by atoms with Crippen LogP contribution in [-0.4, -0.2) is 62.3 Å². The molecule has 9 heteroatoms. The Morgan fingerprint density at radius 2 is 1.89 bits per heavy atom. The van der Waals surface area contributed by atoms with Crippen LogP contribution >= 0.6 is 11.3 Å². The van der Waals surface area contributed by atoms with Crippen LogP contribution < -0.4 is 0 Å². The Morgan fingerprint density at radius 1 is 1.15 bits per heavy atom. The Labute approximate surface area is 160 Å². The minimum absolute atomic E-state index is 0.00906. The molecule has 4 rings (SSSR count). The van der Waals surface area contributed by atoms with Crippen molar-refractivity contribution in [2.45, 2.75) is 26.2 Å². The average Bonchev–Trinajstić information content (AvgIpc) is 3.26. The van der Waals surface area contributed by atoms with Crippen LogP contribution in [0.3, 0.4) is 0 Å². The number of hydrogen-bond acceptors (Lipinski definition) is 6. The highest BCUT2D eigenvalue weighted by molar-refractivity contribution is 7.15. The minimum atomic E-state index is 0.00906. The molecule has 0 unspecified atom stereocenters. The van der Waals surface area contributed by atoms with Gasteiger partial charge in [-0.3, -0.25) is 14.0 Å². The third kappa shape index (κ3) is 4.02. The lowest BCUT2D eigenvalue weighted by molar-refractivity contribution is -0.133. The van der Waals surface area contributed by atoms with Crippen molar-refractivity contribution in [2.75, 3.05) is 26.2 Å². The molecule has 1 fully saturated rings. The maximum Gasteiger partial charge on any atom is 0.230 e. The maximum absolute atomic E-state index is 12.6. The Balaban J connectivity index is 1.32. The molecule has 0 N–H and O–H groups in total. The van der Waals surface area contributed by atoms with E-state index in [1.54, 1.807) is 22.3 Å². The number of imidazole rings is 1. The van der Waals surface area contributed by atoms with Crippen molar-refractivity contribution in [3.63, 3.8) is 0 Å². The van der Waals surface area contributed by atoms with Crippen molar-refractivity contribution in [1.82, 2.24) is 24.3 Å². The highest BCUT2D eigenvalue weighted by Gasteiger charge is 2.23. The van der Waals surface area contributed by atoms with Gasteiger partial charge in [-0.05, 0) is 13.3 Å². The van der Waals surface area contributed by atoms with E-state index in [1.165, 1.54) is 0 Å². The van der Waals surface area contributed by atoms with E-state index in [2.05, 4.69) is 10.1 Å². The summed E-state index contributed by atoms with van der Waals surface area (Å²) in [6, 6.07) is 1.78. The number of fused-ring (bicyclic) bond motifs is 1. The lowest BCUT2D eigenvalue weighted by Gasteiger charge is -2.21. The second-order valence-electron chi connectivity index (χ2n) is 6.73. The van der Waals surface area contributed by atoms with Crippen LogP contribution in [0.15, 0.2) is 28.4 Å². The lowest BCUT2D eigenvalue weighted by Crippen LogP contribution is -2.38. The first kappa shape index (κ1) is 17.7. The monoisotopic (exact) mass is 387 g/mol. The molecule has 3 aromatic heterocycles. The van der Waals surface area contributed by atoms with Crippen LogP contribution in [0.25, 0.3) is 4.96 Å². The number of carbonyl (C=O) groups is 2. The molecule has 8 nitrogen and oxygen atoms in total. The van der Waals surface area contributed by atoms with E-state index in [-0.39, 0.29) is 18.2 Å². The largest absolute Gasteiger partial charge is 0.361 e. The molecule has 4 heterocycles. The number of aryl methyl sites for hydroxylation is 1. The molecule has 0 bridgehead atoms. The number of nitrogens with zero attached hydrogens (tertiary/aromatic N) is 5. The maximum atomic E-state index is 12.6. The Morgan fingerprint density at radius 3 is 2.56 bits per heavy atom. The van der Waals surface area contributed by atoms with Gasteiger partial charge in [-0.15, -0.1) is 11.3 Å². The van der Waals surface area contributed by atoms with Crippen molar-refractivity contribution in [1.29, 1.82) is 0 Å². The summed E-state index contributed by atoms with van der Waals surface area (Å²) in [6.07, 6.45) is 5.11. The molecular weight excluding hydrogens is 366 g/mol. The van der Waals surface area contributed by atoms with Crippen LogP contribution in [0.2, 0.25) is 0 Å². The van der Waals surface area contributed by atoms with E-state index in [4.69, 9.17) is 4.52 Å². The summed E-state index contributed by atoms with van der Waals surface area (Å²) in [4.78, 5) is 34.1. The third-order valence-corrected chi connectivity index (χ3v) is 5.45. The molecule has 0 spiro atoms. The van der Waals surface area contributed by atoms with Gasteiger partial charge in [0.25, 0.3) is 0 Å². The summed E-state index contributed by atoms with van der Waals surface area (Å²) in [7, 11) is 0. The highest BCUT2D eigenvalue weighted by Crippen LogP contribution is 2.14. The van der Waals surface area contributed by atoms with E-state index >= 15 is 0 Å². The van der Waals surface area contributed by atoms with Crippen LogP contribution in [0.5, 0.6) is 0 Å². The summed E-state index contributed by atoms with van der Waals surface area (Å²) < 4.78 is 7.06. The standard InChI is InChI=1S/C18H21N5O3S/c1-13-9-15(26-20-13)11-17(25)22-4-2-3-21(5-6-22)16(24)10-14-12-23-7-8-27-18(23)19-14/h7-9,12H,2-6,10-11H2,1H3. The molecule has 2 amide bonds. The molecule has 3 aromatic rings. The molecule has 142 valence electrons. The van der Waals surface area contributed by atoms with Gasteiger partial charge in [-0.25, -0.2) is 4.98 Å². The Hall–Kier alpha value is -2.68. The topological polar surface area (TPSA) is 84.0 Å². The summed E-state index contributed by atoms with van der Waals surface area (Å²) >= 11 is 1.55. The minimum Gasteiger partial charge on any atom is -0.361 e. The SMILES string of the molecule is Cc1cc(CC(=O)N2CCCN(C(=O)Cc3cn4ccsc4n3)CC2)on1. The van der Waals surface area contributed by atoms with Gasteiger partial charge < -0.3 is 14.3 Å². The van der Waals surface area contributed by atoms with Crippen LogP contribution in [0, 0.1) is 6.92 Å². The Bertz CT molecular complexity index is 931.